The predicted octanol–water partition coefficient (Wildman–Crippen LogP) is 12.8. The van der Waals surface area contributed by atoms with Crippen LogP contribution in [-0.4, -0.2) is 48.5 Å². The van der Waals surface area contributed by atoms with Crippen LogP contribution in [0.5, 0.6) is 0 Å². The van der Waals surface area contributed by atoms with Crippen LogP contribution < -0.4 is 10.6 Å². The molecule has 4 rings (SSSR count). The first-order chi connectivity index (χ1) is 24.4. The summed E-state index contributed by atoms with van der Waals surface area (Å²) in [6, 6.07) is 4.17. The topological polar surface area (TPSA) is 102 Å². The number of fused-ring (bicyclic) bond motifs is 1. The number of alkyl carbamates (subject to hydrolysis) is 2. The maximum Gasteiger partial charge on any atom is 0.407 e. The van der Waals surface area contributed by atoms with Gasteiger partial charge in [0.2, 0.25) is 0 Å². The van der Waals surface area contributed by atoms with E-state index >= 15 is 0 Å². The number of rotatable bonds is 24. The largest absolute Gasteiger partial charge is 0.449 e. The summed E-state index contributed by atoms with van der Waals surface area (Å²) >= 11 is 13.7. The van der Waals surface area contributed by atoms with E-state index < -0.39 is 0 Å². The highest BCUT2D eigenvalue weighted by Gasteiger charge is 2.20. The van der Waals surface area contributed by atoms with Gasteiger partial charge in [-0.1, -0.05) is 114 Å². The van der Waals surface area contributed by atoms with E-state index in [0.717, 1.165) is 73.8 Å². The van der Waals surface area contributed by atoms with Crippen molar-refractivity contribution in [1.82, 2.24) is 20.6 Å². The second-order valence-electron chi connectivity index (χ2n) is 12.3. The molecule has 0 aliphatic heterocycles. The van der Waals surface area contributed by atoms with Crippen molar-refractivity contribution >= 4 is 99.1 Å². The quantitative estimate of drug-likeness (QED) is 0.0680. The van der Waals surface area contributed by atoms with E-state index in [-0.39, 0.29) is 12.2 Å². The molecular weight excluding hydrogens is 840 g/mol. The first-order valence-electron chi connectivity index (χ1n) is 18.0. The minimum absolute atomic E-state index is 0.307. The molecule has 14 heteroatoms. The normalized spacial score (nSPS) is 11.4. The molecule has 0 spiro atoms. The van der Waals surface area contributed by atoms with Crippen molar-refractivity contribution < 1.29 is 19.1 Å². The van der Waals surface area contributed by atoms with Crippen LogP contribution in [0.3, 0.4) is 0 Å². The number of carbonyl (C=O) groups excluding carboxylic acids is 2. The molecule has 2 amide bonds. The number of thiazole rings is 2. The van der Waals surface area contributed by atoms with E-state index in [1.807, 2.05) is 0 Å². The Kier molecular flexibility index (Phi) is 19.1. The average Bonchev–Trinajstić information content (AvgIpc) is 3.86. The molecule has 0 aliphatic rings. The number of aromatic nitrogens is 2. The van der Waals surface area contributed by atoms with Crippen molar-refractivity contribution in [1.29, 1.82) is 0 Å². The summed E-state index contributed by atoms with van der Waals surface area (Å²) in [7, 11) is 0. The molecule has 0 aliphatic carbocycles. The zero-order chi connectivity index (χ0) is 35.6. The highest BCUT2D eigenvalue weighted by Crippen LogP contribution is 2.44. The number of carbonyl (C=O) groups is 2. The summed E-state index contributed by atoms with van der Waals surface area (Å²) in [5, 5.41) is 7.60. The van der Waals surface area contributed by atoms with Crippen molar-refractivity contribution in [2.24, 2.45) is 0 Å². The molecule has 0 fully saturated rings. The lowest BCUT2D eigenvalue weighted by Crippen LogP contribution is -2.26. The van der Waals surface area contributed by atoms with Gasteiger partial charge >= 0.3 is 12.2 Å². The Balaban J connectivity index is 1.23. The van der Waals surface area contributed by atoms with E-state index in [1.165, 1.54) is 64.2 Å². The van der Waals surface area contributed by atoms with Gasteiger partial charge in [0.25, 0.3) is 0 Å². The number of unbranched alkanes of at least 4 members (excludes halogenated alkanes) is 12. The standard InChI is InChI=1S/C36H50Br2N4O4S4/c1-3-5-7-9-11-13-15-19-39-35(43)45-21-17-25-23-27(37)47-29(25)31-41-33-34(49-31)42-32(50-33)30-26(24-28(38)48-30)18-22-46-36(44)40-20-16-14-12-10-8-6-4-2/h23-24H,3-22H2,1-2H3,(H,39,43)(H,40,44). The number of hydrogen-bond acceptors (Lipinski definition) is 10. The fourth-order valence-electron chi connectivity index (χ4n) is 5.51. The van der Waals surface area contributed by atoms with Crippen LogP contribution in [0.1, 0.15) is 115 Å². The Morgan fingerprint density at radius 1 is 0.600 bits per heavy atom. The maximum absolute atomic E-state index is 12.2. The third-order valence-electron chi connectivity index (χ3n) is 8.23. The van der Waals surface area contributed by atoms with Gasteiger partial charge < -0.3 is 20.1 Å². The highest BCUT2D eigenvalue weighted by molar-refractivity contribution is 9.11. The lowest BCUT2D eigenvalue weighted by Gasteiger charge is -2.07. The summed E-state index contributed by atoms with van der Waals surface area (Å²) in [6.07, 6.45) is 17.5. The molecule has 4 heterocycles. The van der Waals surface area contributed by atoms with E-state index in [2.05, 4.69) is 68.5 Å². The number of thiophene rings is 2. The van der Waals surface area contributed by atoms with Crippen LogP contribution in [0.4, 0.5) is 9.59 Å². The zero-order valence-corrected chi connectivity index (χ0v) is 35.7. The van der Waals surface area contributed by atoms with Crippen molar-refractivity contribution in [2.75, 3.05) is 26.3 Å². The van der Waals surface area contributed by atoms with E-state index in [0.29, 0.717) is 39.1 Å². The van der Waals surface area contributed by atoms with Gasteiger partial charge in [0.1, 0.15) is 10.0 Å². The lowest BCUT2D eigenvalue weighted by molar-refractivity contribution is 0.146. The predicted molar refractivity (Wildman–Crippen MR) is 219 cm³/mol. The fourth-order valence-corrected chi connectivity index (χ4v) is 11.2. The number of nitrogens with one attached hydrogen (secondary N) is 2. The molecule has 4 aromatic heterocycles. The number of halogens is 2. The van der Waals surface area contributed by atoms with Gasteiger partial charge in [0.15, 0.2) is 9.66 Å². The Morgan fingerprint density at radius 3 is 1.38 bits per heavy atom. The van der Waals surface area contributed by atoms with Crippen LogP contribution in [-0.2, 0) is 22.3 Å². The molecule has 0 radical (unpaired) electrons. The summed E-state index contributed by atoms with van der Waals surface area (Å²) in [4.78, 5) is 38.3. The van der Waals surface area contributed by atoms with Crippen molar-refractivity contribution in [3.8, 4) is 19.8 Å². The van der Waals surface area contributed by atoms with E-state index in [9.17, 15) is 9.59 Å². The van der Waals surface area contributed by atoms with Crippen LogP contribution >= 0.6 is 77.2 Å². The molecule has 0 unspecified atom stereocenters. The number of hydrogen-bond donors (Lipinski definition) is 2. The van der Waals surface area contributed by atoms with Gasteiger partial charge in [-0.15, -0.1) is 22.7 Å². The molecule has 50 heavy (non-hydrogen) atoms. The van der Waals surface area contributed by atoms with Crippen molar-refractivity contribution in [3.05, 3.63) is 30.8 Å². The molecule has 2 N–H and O–H groups in total. The first-order valence-corrected chi connectivity index (χ1v) is 22.9. The summed E-state index contributed by atoms with van der Waals surface area (Å²) in [5.41, 5.74) is 2.19. The smallest absolute Gasteiger partial charge is 0.407 e. The SMILES string of the molecule is CCCCCCCCCNC(=O)OCCc1cc(Br)sc1-c1nc2sc(-c3sc(Br)cc3CCOC(=O)NCCCCCCCCC)nc2s1. The van der Waals surface area contributed by atoms with E-state index in [1.54, 1.807) is 45.3 Å². The molecule has 8 nitrogen and oxygen atoms in total. The Morgan fingerprint density at radius 2 is 0.980 bits per heavy atom. The molecule has 276 valence electrons. The number of ether oxygens (including phenoxy) is 2. The number of amides is 2. The van der Waals surface area contributed by atoms with E-state index in [4.69, 9.17) is 19.4 Å². The van der Waals surface area contributed by atoms with Crippen LogP contribution in [0.25, 0.3) is 29.4 Å². The second kappa shape index (κ2) is 23.2. The highest BCUT2D eigenvalue weighted by atomic mass is 79.9. The van der Waals surface area contributed by atoms with Crippen molar-refractivity contribution in [2.45, 2.75) is 117 Å². The summed E-state index contributed by atoms with van der Waals surface area (Å²) in [6.45, 7) is 6.38. The second-order valence-corrected chi connectivity index (χ2v) is 19.1. The Labute approximate surface area is 329 Å². The molecule has 0 atom stereocenters. The number of nitrogens with zero attached hydrogens (tertiary/aromatic N) is 2. The maximum atomic E-state index is 12.2. The van der Waals surface area contributed by atoms with Gasteiger partial charge in [0, 0.05) is 25.9 Å². The Bertz CT molecular complexity index is 1460. The van der Waals surface area contributed by atoms with Gasteiger partial charge in [-0.2, -0.15) is 0 Å². The van der Waals surface area contributed by atoms with Crippen LogP contribution in [0.15, 0.2) is 19.7 Å². The van der Waals surface area contributed by atoms with Crippen molar-refractivity contribution in [3.63, 3.8) is 0 Å². The third-order valence-corrected chi connectivity index (χ3v) is 13.9. The van der Waals surface area contributed by atoms with Gasteiger partial charge in [-0.3, -0.25) is 0 Å². The summed E-state index contributed by atoms with van der Waals surface area (Å²) < 4.78 is 13.0. The first kappa shape index (κ1) is 41.2. The molecular formula is C36H50Br2N4O4S4. The van der Waals surface area contributed by atoms with Crippen LogP contribution in [0, 0.1) is 0 Å². The average molecular weight is 891 g/mol. The van der Waals surface area contributed by atoms with Crippen LogP contribution in [0.2, 0.25) is 0 Å². The Hall–Kier alpha value is -1.58. The molecule has 0 aromatic carbocycles. The van der Waals surface area contributed by atoms with Gasteiger partial charge in [-0.05, 0) is 68.0 Å². The molecule has 0 bridgehead atoms. The minimum atomic E-state index is -0.355. The monoisotopic (exact) mass is 888 g/mol. The third kappa shape index (κ3) is 14.1. The lowest BCUT2D eigenvalue weighted by atomic mass is 10.1. The fraction of sp³-hybridized carbons (Fsp3) is 0.611. The zero-order valence-electron chi connectivity index (χ0n) is 29.2. The summed E-state index contributed by atoms with van der Waals surface area (Å²) in [5.74, 6) is 0. The van der Waals surface area contributed by atoms with Gasteiger partial charge in [-0.25, -0.2) is 19.6 Å². The minimum Gasteiger partial charge on any atom is -0.449 e. The molecule has 4 aromatic rings. The molecule has 0 saturated carbocycles. The van der Waals surface area contributed by atoms with Gasteiger partial charge in [0.05, 0.1) is 30.5 Å². The molecule has 0 saturated heterocycles.